The summed E-state index contributed by atoms with van der Waals surface area (Å²) in [6, 6.07) is 11.6. The first-order chi connectivity index (χ1) is 18.6. The van der Waals surface area contributed by atoms with E-state index in [1.807, 2.05) is 0 Å². The van der Waals surface area contributed by atoms with Crippen LogP contribution < -0.4 is 34.8 Å². The van der Waals surface area contributed by atoms with E-state index in [0.29, 0.717) is 11.3 Å². The zero-order valence-corrected chi connectivity index (χ0v) is 25.6. The van der Waals surface area contributed by atoms with E-state index in [4.69, 9.17) is 9.84 Å². The Morgan fingerprint density at radius 1 is 0.952 bits per heavy atom. The molecule has 0 bridgehead atoms. The van der Waals surface area contributed by atoms with E-state index in [2.05, 4.69) is 27.6 Å². The average molecular weight is 578 g/mol. The van der Waals surface area contributed by atoms with E-state index >= 15 is 0 Å². The van der Waals surface area contributed by atoms with Gasteiger partial charge in [0.15, 0.2) is 0 Å². The summed E-state index contributed by atoms with van der Waals surface area (Å²) in [7, 11) is 0. The van der Waals surface area contributed by atoms with Crippen LogP contribution in [0.15, 0.2) is 48.5 Å². The molecule has 0 unspecified atom stereocenters. The third-order valence-corrected chi connectivity index (χ3v) is 5.14. The summed E-state index contributed by atoms with van der Waals surface area (Å²) in [6.45, 7) is 15.3. The van der Waals surface area contributed by atoms with Crippen molar-refractivity contribution in [2.75, 3.05) is 5.32 Å². The number of alkyl carbamates (subject to hydrolysis) is 1. The number of benzene rings is 2. The molecule has 2 atom stereocenters. The molecule has 0 saturated heterocycles. The van der Waals surface area contributed by atoms with Crippen molar-refractivity contribution in [2.24, 2.45) is 5.92 Å². The van der Waals surface area contributed by atoms with Crippen molar-refractivity contribution in [1.29, 1.82) is 0 Å². The average Bonchev–Trinajstić information content (AvgIpc) is 2.86. The predicted molar refractivity (Wildman–Crippen MR) is 155 cm³/mol. The summed E-state index contributed by atoms with van der Waals surface area (Å²) in [4.78, 5) is 57.5. The molecular weight excluding hydrogens is 537 g/mol. The maximum atomic E-state index is 12.6. The second kappa shape index (κ2) is 19.2. The molecule has 4 N–H and O–H groups in total. The van der Waals surface area contributed by atoms with E-state index in [0.717, 1.165) is 5.56 Å². The molecule has 0 radical (unpaired) electrons. The van der Waals surface area contributed by atoms with Crippen molar-refractivity contribution in [3.63, 3.8) is 0 Å². The van der Waals surface area contributed by atoms with Crippen LogP contribution in [-0.2, 0) is 30.5 Å². The molecule has 2 aromatic carbocycles. The standard InChI is InChI=1S/C21H30N3O6.C8H7O2.CH3.Li/c1-13(2)17(24-20(28)30-21(4,5)6)19(27)22-14(3)18(26)23-16-9-7-15(8-10-16)11-29-12-25;1-6-4-2-3-5-7(6)8(9)10;;/h7-10,13-14,17H,11H2,1-6H3,(H,22,27)(H,23,26)(H,24,28);2-5H,1H2,(H,9,10);1H3;/q3*-1;+1/t14-,17-;;;/m0.../s1. The topological polar surface area (TPSA) is 160 Å². The zero-order chi connectivity index (χ0) is 30.5. The van der Waals surface area contributed by atoms with Gasteiger partial charge in [-0.3, -0.25) is 14.4 Å². The molecule has 0 aromatic heterocycles. The molecule has 0 aliphatic carbocycles. The van der Waals surface area contributed by atoms with Gasteiger partial charge in [0.2, 0.25) is 11.8 Å². The van der Waals surface area contributed by atoms with Crippen molar-refractivity contribution in [1.82, 2.24) is 10.6 Å². The summed E-state index contributed by atoms with van der Waals surface area (Å²) in [5.74, 6) is -2.05. The van der Waals surface area contributed by atoms with Gasteiger partial charge in [-0.2, -0.15) is 18.6 Å². The quantitative estimate of drug-likeness (QED) is 0.243. The van der Waals surface area contributed by atoms with E-state index in [1.54, 1.807) is 84.0 Å². The van der Waals surface area contributed by atoms with Gasteiger partial charge >= 0.3 is 25.0 Å². The van der Waals surface area contributed by atoms with Crippen LogP contribution in [0, 0.1) is 20.3 Å². The third kappa shape index (κ3) is 15.2. The number of carboxylic acids is 1. The number of carbonyl (C=O) groups excluding carboxylic acids is 4. The van der Waals surface area contributed by atoms with Gasteiger partial charge in [-0.15, -0.1) is 12.1 Å². The summed E-state index contributed by atoms with van der Waals surface area (Å²) >= 11 is 0. The smallest absolute Gasteiger partial charge is 0.650 e. The SMILES string of the molecule is CC(C)[C@H](NC(=O)OC(C)(C)C)C(=O)N[C@@H](C)C(=O)Nc1ccc(CO[C-]=O)cc1.[CH2-]c1ccccc1C(=O)O.[CH3-].[Li+]. The maximum Gasteiger partial charge on any atom is 1.00 e. The number of carbonyl (C=O) groups is 4. The molecule has 0 saturated carbocycles. The van der Waals surface area contributed by atoms with Crippen molar-refractivity contribution < 1.29 is 57.4 Å². The van der Waals surface area contributed by atoms with Crippen LogP contribution in [0.1, 0.15) is 63.0 Å². The molecule has 3 amide bonds. The predicted octanol–water partition coefficient (Wildman–Crippen LogP) is 1.28. The third-order valence-electron chi connectivity index (χ3n) is 5.14. The fourth-order valence-corrected chi connectivity index (χ4v) is 3.11. The van der Waals surface area contributed by atoms with Gasteiger partial charge in [0.1, 0.15) is 17.7 Å². The molecule has 0 aliphatic rings. The molecule has 2 aromatic rings. The van der Waals surface area contributed by atoms with Gasteiger partial charge in [-0.05, 0) is 56.9 Å². The van der Waals surface area contributed by atoms with Crippen molar-refractivity contribution in [2.45, 2.75) is 65.8 Å². The van der Waals surface area contributed by atoms with Crippen LogP contribution in [-0.4, -0.2) is 53.1 Å². The van der Waals surface area contributed by atoms with E-state index in [-0.39, 0.29) is 44.4 Å². The first-order valence-electron chi connectivity index (χ1n) is 12.5. The normalized spacial score (nSPS) is 11.5. The second-order valence-electron chi connectivity index (χ2n) is 10.1. The molecule has 226 valence electrons. The Kier molecular flexibility index (Phi) is 18.4. The fraction of sp³-hybridized carbons (Fsp3) is 0.367. The van der Waals surface area contributed by atoms with E-state index in [1.165, 1.54) is 12.5 Å². The van der Waals surface area contributed by atoms with Gasteiger partial charge in [0, 0.05) is 5.69 Å². The summed E-state index contributed by atoms with van der Waals surface area (Å²) in [5, 5.41) is 16.4. The van der Waals surface area contributed by atoms with Gasteiger partial charge in [0.05, 0.1) is 6.61 Å². The Balaban J connectivity index is 0. The summed E-state index contributed by atoms with van der Waals surface area (Å²) in [5.41, 5.74) is 1.39. The molecule has 11 nitrogen and oxygen atoms in total. The molecule has 0 fully saturated rings. The number of ether oxygens (including phenoxy) is 2. The molecule has 0 heterocycles. The van der Waals surface area contributed by atoms with Crippen LogP contribution in [0.25, 0.3) is 0 Å². The monoisotopic (exact) mass is 577 g/mol. The number of hydrogen-bond donors (Lipinski definition) is 4. The summed E-state index contributed by atoms with van der Waals surface area (Å²) in [6.07, 6.45) is -0.704. The van der Waals surface area contributed by atoms with E-state index in [9.17, 15) is 24.0 Å². The summed E-state index contributed by atoms with van der Waals surface area (Å²) < 4.78 is 9.73. The van der Waals surface area contributed by atoms with Crippen molar-refractivity contribution in [3.8, 4) is 0 Å². The Morgan fingerprint density at radius 2 is 1.52 bits per heavy atom. The minimum Gasteiger partial charge on any atom is -0.650 e. The molecule has 2 rings (SSSR count). The molecule has 0 aliphatic heterocycles. The number of rotatable bonds is 10. The van der Waals surface area contributed by atoms with Crippen LogP contribution >= 0.6 is 0 Å². The van der Waals surface area contributed by atoms with Gasteiger partial charge < -0.3 is 42.8 Å². The Labute approximate surface area is 260 Å². The number of nitrogens with one attached hydrogen (secondary N) is 3. The zero-order valence-electron chi connectivity index (χ0n) is 25.6. The second-order valence-corrected chi connectivity index (χ2v) is 10.1. The minimum absolute atomic E-state index is 0. The number of carboxylic acid groups (broad SMARTS) is 1. The Morgan fingerprint density at radius 3 is 1.98 bits per heavy atom. The first-order valence-corrected chi connectivity index (χ1v) is 12.5. The Bertz CT molecular complexity index is 1160. The minimum atomic E-state index is -0.925. The molecule has 12 heteroatoms. The van der Waals surface area contributed by atoms with E-state index < -0.39 is 41.6 Å². The number of anilines is 1. The Hall–Kier alpha value is -3.94. The largest absolute Gasteiger partial charge is 1.00 e. The molecular formula is C30H40LiN3O8-2. The fourth-order valence-electron chi connectivity index (χ4n) is 3.11. The van der Waals surface area contributed by atoms with Gasteiger partial charge in [0.25, 0.3) is 5.97 Å². The van der Waals surface area contributed by atoms with Gasteiger partial charge in [-0.25, -0.2) is 4.79 Å². The van der Waals surface area contributed by atoms with Gasteiger partial charge in [-0.1, -0.05) is 38.5 Å². The number of hydrogen-bond acceptors (Lipinski definition) is 7. The number of aromatic carboxylic acids is 1. The van der Waals surface area contributed by atoms with Crippen molar-refractivity contribution in [3.05, 3.63) is 79.6 Å². The van der Waals surface area contributed by atoms with Crippen LogP contribution in [0.2, 0.25) is 0 Å². The molecule has 0 spiro atoms. The van der Waals surface area contributed by atoms with Crippen LogP contribution in [0.3, 0.4) is 0 Å². The number of amides is 3. The van der Waals surface area contributed by atoms with Crippen molar-refractivity contribution >= 4 is 36.0 Å². The molecule has 42 heavy (non-hydrogen) atoms. The van der Waals surface area contributed by atoms with Crippen LogP contribution in [0.4, 0.5) is 10.5 Å². The maximum absolute atomic E-state index is 12.6. The first kappa shape index (κ1) is 40.2. The van der Waals surface area contributed by atoms with Crippen LogP contribution in [0.5, 0.6) is 0 Å².